The van der Waals surface area contributed by atoms with Crippen molar-refractivity contribution in [3.8, 4) is 28.4 Å². The number of piperidine rings is 2. The zero-order valence-corrected chi connectivity index (χ0v) is 49.4. The molecule has 4 aliphatic rings. The number of nitrogens with zero attached hydrogens (tertiary/aromatic N) is 6. The first-order valence-electron chi connectivity index (χ1n) is 27.1. The van der Waals surface area contributed by atoms with Crippen molar-refractivity contribution in [3.63, 3.8) is 0 Å². The second-order valence-corrected chi connectivity index (χ2v) is 25.2. The van der Waals surface area contributed by atoms with Crippen LogP contribution in [-0.4, -0.2) is 107 Å². The van der Waals surface area contributed by atoms with Gasteiger partial charge < -0.3 is 31.3 Å². The van der Waals surface area contributed by atoms with Crippen LogP contribution in [0.3, 0.4) is 0 Å². The summed E-state index contributed by atoms with van der Waals surface area (Å²) in [6.07, 6.45) is 8.21. The number of likely N-dealkylation sites (tertiary alicyclic amines) is 2. The number of aromatic nitrogens is 4. The number of methoxy groups -OCH3 is 1. The number of primary amides is 2. The van der Waals surface area contributed by atoms with Gasteiger partial charge in [-0.15, -0.1) is 22.7 Å². The van der Waals surface area contributed by atoms with Crippen molar-refractivity contribution in [1.82, 2.24) is 29.7 Å². The highest BCUT2D eigenvalue weighted by atomic mass is 32.1. The minimum Gasteiger partial charge on any atom is -0.481 e. The topological polar surface area (TPSA) is 217 Å². The maximum Gasteiger partial charge on any atom is 0.248 e. The van der Waals surface area contributed by atoms with E-state index in [-0.39, 0.29) is 33.2 Å². The molecular weight excluding hydrogens is 1030 g/mol. The maximum absolute atomic E-state index is 13.1. The van der Waals surface area contributed by atoms with E-state index in [1.807, 2.05) is 38.1 Å². The molecule has 17 heteroatoms. The highest BCUT2D eigenvalue weighted by Gasteiger charge is 2.45. The molecule has 0 unspecified atom stereocenters. The molecule has 4 aromatic heterocycles. The summed E-state index contributed by atoms with van der Waals surface area (Å²) in [5, 5.41) is 5.06. The van der Waals surface area contributed by atoms with E-state index in [4.69, 9.17) is 21.2 Å². The number of carbonyl (C=O) groups is 5. The first-order valence-corrected chi connectivity index (χ1v) is 28.8. The van der Waals surface area contributed by atoms with Gasteiger partial charge in [-0.2, -0.15) is 0 Å². The third kappa shape index (κ3) is 14.1. The van der Waals surface area contributed by atoms with Crippen LogP contribution in [0.5, 0.6) is 5.88 Å². The lowest BCUT2D eigenvalue weighted by atomic mass is 9.68. The van der Waals surface area contributed by atoms with Crippen LogP contribution in [0.15, 0.2) is 79.4 Å². The van der Waals surface area contributed by atoms with Crippen LogP contribution in [0.25, 0.3) is 28.2 Å². The normalized spacial score (nSPS) is 16.4. The smallest absolute Gasteiger partial charge is 0.248 e. The van der Waals surface area contributed by atoms with Gasteiger partial charge in [-0.25, -0.2) is 19.9 Å². The Balaban J connectivity index is 0.000000185. The van der Waals surface area contributed by atoms with E-state index in [2.05, 4.69) is 85.2 Å². The van der Waals surface area contributed by atoms with E-state index in [1.165, 1.54) is 4.88 Å². The van der Waals surface area contributed by atoms with Crippen LogP contribution in [-0.2, 0) is 23.7 Å². The van der Waals surface area contributed by atoms with E-state index in [0.29, 0.717) is 52.6 Å². The Morgan fingerprint density at radius 1 is 0.658 bits per heavy atom. The molecular formula is C62H77N9O6S2. The van der Waals surface area contributed by atoms with Gasteiger partial charge in [0.05, 0.1) is 28.5 Å². The van der Waals surface area contributed by atoms with Crippen LogP contribution >= 0.6 is 22.7 Å². The number of nitrogens with one attached hydrogen (secondary N) is 1. The predicted octanol–water partition coefficient (Wildman–Crippen LogP) is 11.5. The van der Waals surface area contributed by atoms with E-state index >= 15 is 0 Å². The van der Waals surface area contributed by atoms with E-state index in [1.54, 1.807) is 85.4 Å². The molecule has 5 N–H and O–H groups in total. The highest BCUT2D eigenvalue weighted by Crippen LogP contribution is 2.48. The molecule has 2 aliphatic carbocycles. The molecule has 418 valence electrons. The molecule has 2 fully saturated rings. The second kappa shape index (κ2) is 24.6. The minimum atomic E-state index is -0.475. The SMILES string of the molecule is C=C(c1cc(OC)nc(-c2ccc(C(N)=O)cc2)c1)N1CCC2(CC1)CC(=O)c1nc(C(C)(C)C)sc1C2.CC.CN1CCC2(CC1)CC(=O)c1nc(C(C)(C)C)sc1C2.CNc1cc(C=O)cc(-c2ccc(C(N)=O)cc2)n1. The molecule has 2 spiro atoms. The molecule has 2 aliphatic heterocycles. The predicted molar refractivity (Wildman–Crippen MR) is 318 cm³/mol. The van der Waals surface area contributed by atoms with Crippen molar-refractivity contribution in [2.75, 3.05) is 52.7 Å². The number of anilines is 1. The van der Waals surface area contributed by atoms with Crippen molar-refractivity contribution < 1.29 is 28.7 Å². The number of pyridine rings is 2. The third-order valence-electron chi connectivity index (χ3n) is 15.1. The fraction of sp³-hybridized carbons (Fsp3) is 0.435. The van der Waals surface area contributed by atoms with Gasteiger partial charge in [0.2, 0.25) is 17.7 Å². The van der Waals surface area contributed by atoms with Crippen molar-refractivity contribution in [2.45, 2.75) is 118 Å². The quantitative estimate of drug-likeness (QED) is 0.115. The highest BCUT2D eigenvalue weighted by molar-refractivity contribution is 7.12. The second-order valence-electron chi connectivity index (χ2n) is 23.1. The van der Waals surface area contributed by atoms with Crippen LogP contribution in [0.2, 0.25) is 0 Å². The number of hydrogen-bond donors (Lipinski definition) is 3. The molecule has 15 nitrogen and oxygen atoms in total. The number of Topliss-reactive ketones (excluding diaryl/α,β-unsaturated/α-hetero) is 2. The summed E-state index contributed by atoms with van der Waals surface area (Å²) in [5.74, 6) is 0.638. The minimum absolute atomic E-state index is 0.00812. The summed E-state index contributed by atoms with van der Waals surface area (Å²) in [4.78, 5) is 84.4. The number of thiazole rings is 2. The molecule has 6 heterocycles. The Morgan fingerprint density at radius 3 is 1.51 bits per heavy atom. The number of ether oxygens (including phenoxy) is 1. The molecule has 2 aromatic carbocycles. The Labute approximate surface area is 473 Å². The number of benzene rings is 2. The number of aldehydes is 1. The van der Waals surface area contributed by atoms with Crippen LogP contribution in [0.4, 0.5) is 5.82 Å². The molecule has 6 aromatic rings. The van der Waals surface area contributed by atoms with Crippen LogP contribution in [0, 0.1) is 10.8 Å². The van der Waals surface area contributed by atoms with Gasteiger partial charge in [-0.3, -0.25) is 24.0 Å². The van der Waals surface area contributed by atoms with Gasteiger partial charge in [0.25, 0.3) is 0 Å². The first kappa shape index (κ1) is 59.7. The molecule has 2 amide bonds. The third-order valence-corrected chi connectivity index (χ3v) is 18.1. The monoisotopic (exact) mass is 1110 g/mol. The molecule has 2 saturated heterocycles. The Hall–Kier alpha value is -6.95. The fourth-order valence-electron chi connectivity index (χ4n) is 10.3. The number of hydrogen-bond acceptors (Lipinski definition) is 15. The standard InChI is InChI=1S/C30H34N4O3S.C16H24N2OS.C14H13N3O2.C2H6/c1-18(21-14-22(32-25(15-21)37-5)19-6-8-20(9-7-19)27(31)36)34-12-10-30(11-13-34)16-23(35)26-24(17-30)38-28(33-26)29(2,3)4;1-15(2,3)14-17-13-11(19)9-16(10-12(13)20-14)5-7-18(4)8-6-16;1-16-13-7-9(8-18)6-12(17-13)10-2-4-11(5-3-10)14(15)19;1-2/h6-9,14-15H,1,10-13,16-17H2,2-5H3,(H2,31,36);5-10H2,1-4H3;2-8H,1H3,(H2,15,19)(H,16,17);1-2H3. The number of nitrogens with two attached hydrogens (primary N) is 2. The summed E-state index contributed by atoms with van der Waals surface area (Å²) in [6, 6.07) is 21.1. The van der Waals surface area contributed by atoms with Crippen LogP contribution < -0.4 is 21.5 Å². The molecule has 0 bridgehead atoms. The van der Waals surface area contributed by atoms with Crippen LogP contribution in [0.1, 0.15) is 171 Å². The first-order chi connectivity index (χ1) is 37.4. The van der Waals surface area contributed by atoms with E-state index in [0.717, 1.165) is 120 Å². The Bertz CT molecular complexity index is 3210. The number of amides is 2. The summed E-state index contributed by atoms with van der Waals surface area (Å²) in [5.41, 5.74) is 18.6. The molecule has 0 atom stereocenters. The van der Waals surface area contributed by atoms with Gasteiger partial charge in [0.15, 0.2) is 11.6 Å². The zero-order chi connectivity index (χ0) is 57.6. The van der Waals surface area contributed by atoms with Gasteiger partial charge in [0, 0.05) is 98.7 Å². The maximum atomic E-state index is 13.1. The summed E-state index contributed by atoms with van der Waals surface area (Å²) in [6.45, 7) is 25.3. The van der Waals surface area contributed by atoms with Crippen molar-refractivity contribution in [1.29, 1.82) is 0 Å². The molecule has 10 rings (SSSR count). The van der Waals surface area contributed by atoms with E-state index < -0.39 is 11.8 Å². The van der Waals surface area contributed by atoms with Crippen molar-refractivity contribution >= 4 is 63.9 Å². The van der Waals surface area contributed by atoms with Crippen molar-refractivity contribution in [3.05, 3.63) is 133 Å². The summed E-state index contributed by atoms with van der Waals surface area (Å²) < 4.78 is 5.49. The van der Waals surface area contributed by atoms with Gasteiger partial charge >= 0.3 is 0 Å². The summed E-state index contributed by atoms with van der Waals surface area (Å²) >= 11 is 3.48. The zero-order valence-electron chi connectivity index (χ0n) is 47.8. The lowest BCUT2D eigenvalue weighted by molar-refractivity contribution is 0.0726. The largest absolute Gasteiger partial charge is 0.481 e. The average Bonchev–Trinajstić information content (AvgIpc) is 4.13. The molecule has 0 radical (unpaired) electrons. The summed E-state index contributed by atoms with van der Waals surface area (Å²) in [7, 11) is 5.50. The average molecular weight is 1110 g/mol. The van der Waals surface area contributed by atoms with Gasteiger partial charge in [0.1, 0.15) is 23.5 Å². The number of ketones is 2. The van der Waals surface area contributed by atoms with Gasteiger partial charge in [-0.1, -0.05) is 86.2 Å². The fourth-order valence-corrected chi connectivity index (χ4v) is 13.0. The van der Waals surface area contributed by atoms with Gasteiger partial charge in [-0.05, 0) is 112 Å². The molecule has 79 heavy (non-hydrogen) atoms. The Kier molecular flexibility index (Phi) is 18.6. The van der Waals surface area contributed by atoms with Crippen molar-refractivity contribution in [2.24, 2.45) is 22.3 Å². The molecule has 0 saturated carbocycles. The lowest BCUT2D eigenvalue weighted by Crippen LogP contribution is -2.43. The van der Waals surface area contributed by atoms with E-state index in [9.17, 15) is 24.0 Å². The number of carbonyl (C=O) groups excluding carboxylic acids is 5. The Morgan fingerprint density at radius 2 is 1.10 bits per heavy atom. The number of fused-ring (bicyclic) bond motifs is 2. The number of rotatable bonds is 9. The lowest BCUT2D eigenvalue weighted by Gasteiger charge is -2.44.